The van der Waals surface area contributed by atoms with Crippen LogP contribution in [-0.2, 0) is 24.2 Å². The Morgan fingerprint density at radius 3 is 2.66 bits per heavy atom. The van der Waals surface area contributed by atoms with Crippen LogP contribution in [-0.4, -0.2) is 68.6 Å². The zero-order valence-electron chi connectivity index (χ0n) is 16.5. The van der Waals surface area contributed by atoms with Gasteiger partial charge in [-0.05, 0) is 44.0 Å². The van der Waals surface area contributed by atoms with E-state index in [1.54, 1.807) is 31.2 Å². The van der Waals surface area contributed by atoms with Gasteiger partial charge in [0.15, 0.2) is 27.4 Å². The van der Waals surface area contributed by atoms with E-state index in [4.69, 9.17) is 14.2 Å². The molecule has 0 aliphatic carbocycles. The van der Waals surface area contributed by atoms with Gasteiger partial charge in [-0.15, -0.1) is 0 Å². The number of sulfone groups is 1. The van der Waals surface area contributed by atoms with Gasteiger partial charge in [-0.1, -0.05) is 6.07 Å². The van der Waals surface area contributed by atoms with E-state index < -0.39 is 27.8 Å². The number of hydrogen-bond donors (Lipinski definition) is 0. The number of hydrogen-bond acceptors (Lipinski definition) is 7. The Kier molecular flexibility index (Phi) is 6.46. The van der Waals surface area contributed by atoms with Crippen LogP contribution in [0.2, 0.25) is 0 Å². The Hall–Kier alpha value is -2.55. The van der Waals surface area contributed by atoms with E-state index in [1.807, 2.05) is 0 Å². The van der Waals surface area contributed by atoms with Gasteiger partial charge in [-0.25, -0.2) is 13.2 Å². The molecule has 1 saturated heterocycles. The number of likely N-dealkylation sites (N-methyl/N-ethyl adjacent to an activating group) is 1. The van der Waals surface area contributed by atoms with Gasteiger partial charge >= 0.3 is 5.97 Å². The minimum Gasteiger partial charge on any atom is -0.486 e. The van der Waals surface area contributed by atoms with Gasteiger partial charge in [0.1, 0.15) is 13.2 Å². The van der Waals surface area contributed by atoms with Crippen molar-refractivity contribution >= 4 is 27.8 Å². The molecule has 0 N–H and O–H groups in total. The largest absolute Gasteiger partial charge is 0.486 e. The molecule has 0 bridgehead atoms. The molecule has 2 heterocycles. The predicted octanol–water partition coefficient (Wildman–Crippen LogP) is 1.44. The summed E-state index contributed by atoms with van der Waals surface area (Å²) in [5, 5.41) is 0. The minimum absolute atomic E-state index is 0.0444. The summed E-state index contributed by atoms with van der Waals surface area (Å²) < 4.78 is 39.6. The molecule has 0 saturated carbocycles. The van der Waals surface area contributed by atoms with E-state index in [-0.39, 0.29) is 17.5 Å². The number of fused-ring (bicyclic) bond motifs is 1. The summed E-state index contributed by atoms with van der Waals surface area (Å²) in [6.07, 6.45) is 2.22. The molecule has 1 aromatic rings. The summed E-state index contributed by atoms with van der Waals surface area (Å²) in [6.45, 7) is 4.59. The lowest BCUT2D eigenvalue weighted by molar-refractivity contribution is -0.156. The van der Waals surface area contributed by atoms with E-state index in [0.717, 1.165) is 5.56 Å². The van der Waals surface area contributed by atoms with E-state index in [9.17, 15) is 18.0 Å². The van der Waals surface area contributed by atoms with Crippen molar-refractivity contribution in [3.8, 4) is 11.5 Å². The fourth-order valence-corrected chi connectivity index (χ4v) is 5.17. The third-order valence-electron chi connectivity index (χ3n) is 4.89. The molecule has 3 rings (SSSR count). The Bertz CT molecular complexity index is 909. The average Bonchev–Trinajstić information content (AvgIpc) is 3.06. The molecular weight excluding hydrogens is 398 g/mol. The highest BCUT2D eigenvalue weighted by Crippen LogP contribution is 2.31. The molecule has 2 aliphatic rings. The summed E-state index contributed by atoms with van der Waals surface area (Å²) >= 11 is 0. The first-order valence-electron chi connectivity index (χ1n) is 9.58. The number of nitrogens with zero attached hydrogens (tertiary/aromatic N) is 1. The van der Waals surface area contributed by atoms with E-state index in [2.05, 4.69) is 0 Å². The van der Waals surface area contributed by atoms with Gasteiger partial charge in [0.25, 0.3) is 5.91 Å². The summed E-state index contributed by atoms with van der Waals surface area (Å²) in [7, 11) is -3.11. The molecule has 1 aromatic carbocycles. The maximum atomic E-state index is 12.6. The highest BCUT2D eigenvalue weighted by atomic mass is 32.2. The Labute approximate surface area is 170 Å². The molecule has 0 spiro atoms. The van der Waals surface area contributed by atoms with Gasteiger partial charge in [0.05, 0.1) is 11.5 Å². The molecule has 1 fully saturated rings. The van der Waals surface area contributed by atoms with Crippen LogP contribution in [0, 0.1) is 0 Å². The lowest BCUT2D eigenvalue weighted by Gasteiger charge is -2.29. The van der Waals surface area contributed by atoms with E-state index in [1.165, 1.54) is 17.9 Å². The normalized spacial score (nSPS) is 21.0. The number of carbonyl (C=O) groups excluding carboxylic acids is 2. The summed E-state index contributed by atoms with van der Waals surface area (Å²) in [6, 6.07) is 4.93. The molecule has 2 atom stereocenters. The van der Waals surface area contributed by atoms with Gasteiger partial charge < -0.3 is 19.1 Å². The highest BCUT2D eigenvalue weighted by Gasteiger charge is 2.36. The van der Waals surface area contributed by atoms with Crippen LogP contribution in [0.3, 0.4) is 0 Å². The van der Waals surface area contributed by atoms with Crippen molar-refractivity contribution in [1.82, 2.24) is 4.90 Å². The molecule has 1 amide bonds. The maximum absolute atomic E-state index is 12.6. The zero-order valence-corrected chi connectivity index (χ0v) is 17.3. The van der Waals surface area contributed by atoms with Crippen LogP contribution >= 0.6 is 0 Å². The smallest absolute Gasteiger partial charge is 0.331 e. The average molecular weight is 423 g/mol. The summed E-state index contributed by atoms with van der Waals surface area (Å²) in [4.78, 5) is 26.2. The number of carbonyl (C=O) groups is 2. The molecule has 8 nitrogen and oxygen atoms in total. The van der Waals surface area contributed by atoms with Crippen molar-refractivity contribution in [2.24, 2.45) is 0 Å². The number of ether oxygens (including phenoxy) is 3. The first-order valence-corrected chi connectivity index (χ1v) is 11.4. The molecule has 0 radical (unpaired) electrons. The lowest BCUT2D eigenvalue weighted by Crippen LogP contribution is -2.46. The summed E-state index contributed by atoms with van der Waals surface area (Å²) in [5.41, 5.74) is 0.733. The van der Waals surface area contributed by atoms with Crippen LogP contribution in [0.25, 0.3) is 6.08 Å². The van der Waals surface area contributed by atoms with Crippen molar-refractivity contribution in [2.75, 3.05) is 31.3 Å². The number of esters is 1. The van der Waals surface area contributed by atoms with Gasteiger partial charge in [0.2, 0.25) is 0 Å². The van der Waals surface area contributed by atoms with Crippen LogP contribution < -0.4 is 9.47 Å². The van der Waals surface area contributed by atoms with Crippen LogP contribution in [0.5, 0.6) is 11.5 Å². The van der Waals surface area contributed by atoms with Gasteiger partial charge in [-0.2, -0.15) is 0 Å². The second kappa shape index (κ2) is 8.86. The fourth-order valence-electron chi connectivity index (χ4n) is 3.44. The SMILES string of the molecule is CCN(C(=O)[C@H](C)OC(=O)/C=C/c1ccc2c(c1)OCCO2)[C@@H]1CCS(=O)(=O)C1. The number of amides is 1. The standard InChI is InChI=1S/C20H25NO7S/c1-3-21(16-8-11-29(24,25)13-16)20(23)14(2)28-19(22)7-5-15-4-6-17-18(12-15)27-10-9-26-17/h4-7,12,14,16H,3,8-11,13H2,1-2H3/b7-5+/t14-,16+/m0/s1. The second-order valence-corrected chi connectivity index (χ2v) is 9.23. The second-order valence-electron chi connectivity index (χ2n) is 7.00. The number of benzene rings is 1. The van der Waals surface area contributed by atoms with Crippen molar-refractivity contribution in [3.05, 3.63) is 29.8 Å². The van der Waals surface area contributed by atoms with Crippen molar-refractivity contribution in [1.29, 1.82) is 0 Å². The predicted molar refractivity (Wildman–Crippen MR) is 106 cm³/mol. The molecule has 29 heavy (non-hydrogen) atoms. The van der Waals surface area contributed by atoms with Gasteiger partial charge in [0, 0.05) is 18.7 Å². The molecular formula is C20H25NO7S. The first-order chi connectivity index (χ1) is 13.8. The zero-order chi connectivity index (χ0) is 21.0. The minimum atomic E-state index is -3.11. The number of rotatable bonds is 6. The van der Waals surface area contributed by atoms with Crippen molar-refractivity contribution in [3.63, 3.8) is 0 Å². The Balaban J connectivity index is 1.58. The Morgan fingerprint density at radius 2 is 2.00 bits per heavy atom. The van der Waals surface area contributed by atoms with Crippen LogP contribution in [0.4, 0.5) is 0 Å². The molecule has 0 unspecified atom stereocenters. The van der Waals surface area contributed by atoms with Gasteiger partial charge in [-0.3, -0.25) is 4.79 Å². The third kappa shape index (κ3) is 5.29. The van der Waals surface area contributed by atoms with Crippen molar-refractivity contribution in [2.45, 2.75) is 32.4 Å². The third-order valence-corrected chi connectivity index (χ3v) is 6.64. The van der Waals surface area contributed by atoms with E-state index in [0.29, 0.717) is 37.7 Å². The summed E-state index contributed by atoms with van der Waals surface area (Å²) in [5.74, 6) is 0.251. The Morgan fingerprint density at radius 1 is 1.28 bits per heavy atom. The van der Waals surface area contributed by atoms with Crippen molar-refractivity contribution < 1.29 is 32.2 Å². The fraction of sp³-hybridized carbons (Fsp3) is 0.500. The topological polar surface area (TPSA) is 99.2 Å². The van der Waals surface area contributed by atoms with E-state index >= 15 is 0 Å². The van der Waals surface area contributed by atoms with Crippen LogP contribution in [0.15, 0.2) is 24.3 Å². The lowest BCUT2D eigenvalue weighted by atomic mass is 10.2. The van der Waals surface area contributed by atoms with Crippen LogP contribution in [0.1, 0.15) is 25.8 Å². The highest BCUT2D eigenvalue weighted by molar-refractivity contribution is 7.91. The maximum Gasteiger partial charge on any atom is 0.331 e. The molecule has 2 aliphatic heterocycles. The monoisotopic (exact) mass is 423 g/mol. The molecule has 158 valence electrons. The molecule has 9 heteroatoms. The molecule has 0 aromatic heterocycles. The first kappa shape index (κ1) is 21.2. The quantitative estimate of drug-likeness (QED) is 0.504.